The van der Waals surface area contributed by atoms with Crippen molar-refractivity contribution in [3.05, 3.63) is 35.9 Å². The van der Waals surface area contributed by atoms with Gasteiger partial charge in [0.25, 0.3) is 0 Å². The summed E-state index contributed by atoms with van der Waals surface area (Å²) in [6.45, 7) is 2.14. The molecule has 102 valence electrons. The van der Waals surface area contributed by atoms with Gasteiger partial charge in [-0.2, -0.15) is 0 Å². The number of carbonyl (C=O) groups excluding carboxylic acids is 2. The summed E-state index contributed by atoms with van der Waals surface area (Å²) in [6.07, 6.45) is 0.518. The van der Waals surface area contributed by atoms with Gasteiger partial charge in [-0.15, -0.1) is 0 Å². The van der Waals surface area contributed by atoms with Gasteiger partial charge in [-0.1, -0.05) is 30.3 Å². The number of rotatable bonds is 2. The molecule has 0 unspecified atom stereocenters. The Morgan fingerprint density at radius 3 is 2.58 bits per heavy atom. The molecule has 1 aromatic carbocycles. The Morgan fingerprint density at radius 2 is 2.00 bits per heavy atom. The van der Waals surface area contributed by atoms with Gasteiger partial charge in [0.05, 0.1) is 6.67 Å². The van der Waals surface area contributed by atoms with Crippen LogP contribution >= 0.6 is 0 Å². The highest BCUT2D eigenvalue weighted by Gasteiger charge is 2.49. The Morgan fingerprint density at radius 1 is 1.37 bits per heavy atom. The van der Waals surface area contributed by atoms with Gasteiger partial charge in [-0.05, 0) is 12.5 Å². The van der Waals surface area contributed by atoms with E-state index in [1.165, 1.54) is 0 Å². The first kappa shape index (κ1) is 13.4. The lowest BCUT2D eigenvalue weighted by Gasteiger charge is -2.31. The Labute approximate surface area is 113 Å². The smallest absolute Gasteiger partial charge is 0.319 e. The lowest BCUT2D eigenvalue weighted by atomic mass is 9.91. The van der Waals surface area contributed by atoms with Crippen molar-refractivity contribution in [2.24, 2.45) is 0 Å². The summed E-state index contributed by atoms with van der Waals surface area (Å²) in [5.74, 6) is -0.0278. The summed E-state index contributed by atoms with van der Waals surface area (Å²) >= 11 is 0. The van der Waals surface area contributed by atoms with Gasteiger partial charge >= 0.3 is 6.03 Å². The van der Waals surface area contributed by atoms with E-state index in [0.29, 0.717) is 13.1 Å². The molecule has 1 fully saturated rings. The average Bonchev–Trinajstić information content (AvgIpc) is 2.64. The number of hydrogen-bond donors (Lipinski definition) is 1. The van der Waals surface area contributed by atoms with E-state index >= 15 is 0 Å². The van der Waals surface area contributed by atoms with Gasteiger partial charge in [0.15, 0.2) is 0 Å². The molecule has 1 aliphatic rings. The number of benzene rings is 1. The fourth-order valence-corrected chi connectivity index (χ4v) is 2.55. The third-order valence-electron chi connectivity index (χ3n) is 3.61. The molecule has 0 radical (unpaired) electrons. The van der Waals surface area contributed by atoms with Crippen LogP contribution in [0.4, 0.5) is 4.79 Å². The maximum Gasteiger partial charge on any atom is 0.319 e. The summed E-state index contributed by atoms with van der Waals surface area (Å²) in [6, 6.07) is 9.53. The van der Waals surface area contributed by atoms with E-state index in [4.69, 9.17) is 0 Å². The Hall–Kier alpha value is -2.04. The molecule has 19 heavy (non-hydrogen) atoms. The zero-order chi connectivity index (χ0) is 14.0. The highest BCUT2D eigenvalue weighted by atomic mass is 16.2. The SMILES string of the molecule is CNC(=O)N1CN(C)C(=O)[C@@]1(C)Cc1ccccc1. The van der Waals surface area contributed by atoms with E-state index in [1.807, 2.05) is 37.3 Å². The van der Waals surface area contributed by atoms with Gasteiger partial charge in [0, 0.05) is 20.5 Å². The van der Waals surface area contributed by atoms with Crippen molar-refractivity contribution >= 4 is 11.9 Å². The maximum atomic E-state index is 12.4. The molecular formula is C14H19N3O2. The van der Waals surface area contributed by atoms with Crippen molar-refractivity contribution in [1.82, 2.24) is 15.1 Å². The van der Waals surface area contributed by atoms with E-state index < -0.39 is 5.54 Å². The number of nitrogens with one attached hydrogen (secondary N) is 1. The predicted molar refractivity (Wildman–Crippen MR) is 72.5 cm³/mol. The second kappa shape index (κ2) is 4.91. The van der Waals surface area contributed by atoms with Crippen LogP contribution in [0.15, 0.2) is 30.3 Å². The Balaban J connectivity index is 2.31. The molecule has 1 aromatic rings. The molecule has 1 heterocycles. The van der Waals surface area contributed by atoms with Gasteiger partial charge in [0.1, 0.15) is 5.54 Å². The van der Waals surface area contributed by atoms with Crippen molar-refractivity contribution in [3.8, 4) is 0 Å². The number of carbonyl (C=O) groups is 2. The molecule has 0 spiro atoms. The zero-order valence-electron chi connectivity index (χ0n) is 11.5. The molecule has 0 aromatic heterocycles. The number of likely N-dealkylation sites (N-methyl/N-ethyl adjacent to an activating group) is 1. The van der Waals surface area contributed by atoms with E-state index in [2.05, 4.69) is 5.32 Å². The highest BCUT2D eigenvalue weighted by molar-refractivity contribution is 5.93. The highest BCUT2D eigenvalue weighted by Crippen LogP contribution is 2.29. The van der Waals surface area contributed by atoms with Crippen LogP contribution in [0.25, 0.3) is 0 Å². The minimum atomic E-state index is -0.823. The van der Waals surface area contributed by atoms with Crippen LogP contribution in [0.2, 0.25) is 0 Å². The average molecular weight is 261 g/mol. The number of nitrogens with zero attached hydrogens (tertiary/aromatic N) is 2. The van der Waals surface area contributed by atoms with Crippen LogP contribution in [0, 0.1) is 0 Å². The van der Waals surface area contributed by atoms with E-state index in [-0.39, 0.29) is 11.9 Å². The topological polar surface area (TPSA) is 52.7 Å². The largest absolute Gasteiger partial charge is 0.341 e. The lowest BCUT2D eigenvalue weighted by Crippen LogP contribution is -2.53. The molecule has 0 aliphatic carbocycles. The van der Waals surface area contributed by atoms with Crippen molar-refractivity contribution in [2.75, 3.05) is 20.8 Å². The monoisotopic (exact) mass is 261 g/mol. The standard InChI is InChI=1S/C14H19N3O2/c1-14(9-11-7-5-4-6-8-11)12(18)16(3)10-17(14)13(19)15-2/h4-8H,9-10H2,1-3H3,(H,15,19)/t14-/m1/s1. The zero-order valence-corrected chi connectivity index (χ0v) is 11.5. The molecule has 0 bridgehead atoms. The molecule has 1 atom stereocenters. The predicted octanol–water partition coefficient (Wildman–Crippen LogP) is 1.06. The second-order valence-corrected chi connectivity index (χ2v) is 5.06. The fraction of sp³-hybridized carbons (Fsp3) is 0.429. The number of hydrogen-bond acceptors (Lipinski definition) is 2. The van der Waals surface area contributed by atoms with Gasteiger partial charge < -0.3 is 10.2 Å². The number of urea groups is 1. The third kappa shape index (κ3) is 2.28. The summed E-state index contributed by atoms with van der Waals surface area (Å²) in [5, 5.41) is 2.60. The third-order valence-corrected chi connectivity index (χ3v) is 3.61. The van der Waals surface area contributed by atoms with E-state index in [0.717, 1.165) is 5.56 Å². The molecule has 2 rings (SSSR count). The van der Waals surface area contributed by atoms with E-state index in [9.17, 15) is 9.59 Å². The first-order valence-corrected chi connectivity index (χ1v) is 6.28. The summed E-state index contributed by atoms with van der Waals surface area (Å²) in [7, 11) is 3.29. The first-order chi connectivity index (χ1) is 8.99. The van der Waals surface area contributed by atoms with Crippen LogP contribution in [0.3, 0.4) is 0 Å². The lowest BCUT2D eigenvalue weighted by molar-refractivity contribution is -0.131. The van der Waals surface area contributed by atoms with Crippen molar-refractivity contribution in [1.29, 1.82) is 0 Å². The van der Waals surface area contributed by atoms with Crippen molar-refractivity contribution < 1.29 is 9.59 Å². The van der Waals surface area contributed by atoms with Crippen LogP contribution in [-0.2, 0) is 11.2 Å². The number of amides is 3. The Bertz CT molecular complexity index is 489. The van der Waals surface area contributed by atoms with E-state index in [1.54, 1.807) is 23.9 Å². The first-order valence-electron chi connectivity index (χ1n) is 6.28. The molecule has 1 saturated heterocycles. The van der Waals surface area contributed by atoms with Crippen LogP contribution in [0.1, 0.15) is 12.5 Å². The molecule has 0 saturated carbocycles. The summed E-state index contributed by atoms with van der Waals surface area (Å²) in [5.41, 5.74) is 0.221. The minimum Gasteiger partial charge on any atom is -0.341 e. The Kier molecular flexibility index (Phi) is 3.46. The second-order valence-electron chi connectivity index (χ2n) is 5.06. The molecule has 3 amide bonds. The van der Waals surface area contributed by atoms with Crippen LogP contribution in [0.5, 0.6) is 0 Å². The molecular weight excluding hydrogens is 242 g/mol. The van der Waals surface area contributed by atoms with Crippen molar-refractivity contribution in [2.45, 2.75) is 18.9 Å². The van der Waals surface area contributed by atoms with Gasteiger partial charge in [-0.25, -0.2) is 4.79 Å². The normalized spacial score (nSPS) is 22.8. The fourth-order valence-electron chi connectivity index (χ4n) is 2.55. The molecule has 5 nitrogen and oxygen atoms in total. The molecule has 1 N–H and O–H groups in total. The van der Waals surface area contributed by atoms with Gasteiger partial charge in [0.2, 0.25) is 5.91 Å². The summed E-state index contributed by atoms with van der Waals surface area (Å²) in [4.78, 5) is 27.5. The quantitative estimate of drug-likeness (QED) is 0.865. The van der Waals surface area contributed by atoms with Crippen LogP contribution < -0.4 is 5.32 Å². The van der Waals surface area contributed by atoms with Crippen molar-refractivity contribution in [3.63, 3.8) is 0 Å². The summed E-state index contributed by atoms with van der Waals surface area (Å²) < 4.78 is 0. The van der Waals surface area contributed by atoms with Gasteiger partial charge in [-0.3, -0.25) is 9.69 Å². The molecule has 1 aliphatic heterocycles. The van der Waals surface area contributed by atoms with Crippen LogP contribution in [-0.4, -0.2) is 48.0 Å². The maximum absolute atomic E-state index is 12.4. The minimum absolute atomic E-state index is 0.0278. The molecule has 5 heteroatoms.